The zero-order valence-electron chi connectivity index (χ0n) is 10.5. The molecule has 1 aromatic rings. The molecule has 0 bridgehead atoms. The molecule has 1 unspecified atom stereocenters. The highest BCUT2D eigenvalue weighted by molar-refractivity contribution is 5.17. The molecule has 3 rings (SSSR count). The third-order valence-electron chi connectivity index (χ3n) is 4.37. The highest BCUT2D eigenvalue weighted by Crippen LogP contribution is 2.30. The van der Waals surface area contributed by atoms with Crippen molar-refractivity contribution >= 4 is 0 Å². The Morgan fingerprint density at radius 1 is 0.941 bits per heavy atom. The van der Waals surface area contributed by atoms with E-state index in [-0.39, 0.29) is 0 Å². The first-order chi connectivity index (χ1) is 8.38. The number of morpholine rings is 1. The molecule has 92 valence electrons. The Bertz CT molecular complexity index is 351. The molecular formula is C15H22NO+. The standard InChI is InChI=1S/C15H22NO/c1-3-7-14(8-4-1)15-13-16(11-12-17-15)9-5-2-6-10-16/h1,3-4,7-8,15H,2,5-6,9-13H2/q+1. The lowest BCUT2D eigenvalue weighted by Gasteiger charge is -2.46. The smallest absolute Gasteiger partial charge is 0.132 e. The summed E-state index contributed by atoms with van der Waals surface area (Å²) in [7, 11) is 0. The second-order valence-corrected chi connectivity index (χ2v) is 5.53. The minimum absolute atomic E-state index is 0.322. The number of ether oxygens (including phenoxy) is 1. The molecule has 0 amide bonds. The lowest BCUT2D eigenvalue weighted by Crippen LogP contribution is -2.58. The SMILES string of the molecule is c1ccc(C2C[N+]3(CCCCC3)CCO2)cc1. The predicted molar refractivity (Wildman–Crippen MR) is 68.7 cm³/mol. The molecule has 2 heteroatoms. The van der Waals surface area contributed by atoms with Gasteiger partial charge in [-0.05, 0) is 24.8 Å². The van der Waals surface area contributed by atoms with Crippen molar-refractivity contribution in [1.29, 1.82) is 0 Å². The number of hydrogen-bond donors (Lipinski definition) is 0. The van der Waals surface area contributed by atoms with Gasteiger partial charge in [0.05, 0.1) is 19.7 Å². The fourth-order valence-corrected chi connectivity index (χ4v) is 3.34. The van der Waals surface area contributed by atoms with E-state index in [1.165, 1.54) is 55.5 Å². The van der Waals surface area contributed by atoms with Crippen molar-refractivity contribution in [3.63, 3.8) is 0 Å². The van der Waals surface area contributed by atoms with E-state index in [0.717, 1.165) is 6.61 Å². The third kappa shape index (κ3) is 2.38. The van der Waals surface area contributed by atoms with Crippen molar-refractivity contribution < 1.29 is 9.22 Å². The van der Waals surface area contributed by atoms with Gasteiger partial charge in [0.1, 0.15) is 19.2 Å². The van der Waals surface area contributed by atoms with E-state index in [4.69, 9.17) is 4.74 Å². The highest BCUT2D eigenvalue weighted by Gasteiger charge is 2.37. The van der Waals surface area contributed by atoms with Gasteiger partial charge in [-0.2, -0.15) is 0 Å². The van der Waals surface area contributed by atoms with E-state index in [2.05, 4.69) is 30.3 Å². The van der Waals surface area contributed by atoms with E-state index in [1.54, 1.807) is 0 Å². The van der Waals surface area contributed by atoms with Crippen LogP contribution in [0.3, 0.4) is 0 Å². The van der Waals surface area contributed by atoms with Gasteiger partial charge in [0.15, 0.2) is 0 Å². The van der Waals surface area contributed by atoms with Gasteiger partial charge >= 0.3 is 0 Å². The number of piperidine rings is 1. The van der Waals surface area contributed by atoms with Gasteiger partial charge in [0.25, 0.3) is 0 Å². The molecule has 1 aromatic carbocycles. The maximum Gasteiger partial charge on any atom is 0.132 e. The molecule has 0 aliphatic carbocycles. The maximum absolute atomic E-state index is 5.98. The zero-order chi connectivity index (χ0) is 11.6. The van der Waals surface area contributed by atoms with Crippen LogP contribution >= 0.6 is 0 Å². The molecule has 0 N–H and O–H groups in total. The Kier molecular flexibility index (Phi) is 3.17. The summed E-state index contributed by atoms with van der Waals surface area (Å²) in [5, 5.41) is 0. The molecule has 17 heavy (non-hydrogen) atoms. The molecule has 0 aromatic heterocycles. The Hall–Kier alpha value is -0.860. The molecule has 2 aliphatic heterocycles. The van der Waals surface area contributed by atoms with Crippen LogP contribution in [0.15, 0.2) is 30.3 Å². The summed E-state index contributed by atoms with van der Waals surface area (Å²) >= 11 is 0. The van der Waals surface area contributed by atoms with Crippen molar-refractivity contribution in [3.8, 4) is 0 Å². The average molecular weight is 232 g/mol. The van der Waals surface area contributed by atoms with Gasteiger partial charge in [-0.3, -0.25) is 0 Å². The van der Waals surface area contributed by atoms with Crippen LogP contribution in [0, 0.1) is 0 Å². The number of benzene rings is 1. The molecule has 2 nitrogen and oxygen atoms in total. The second kappa shape index (κ2) is 4.79. The summed E-state index contributed by atoms with van der Waals surface area (Å²) in [6, 6.07) is 10.7. The van der Waals surface area contributed by atoms with E-state index < -0.39 is 0 Å². The first-order valence-corrected chi connectivity index (χ1v) is 6.90. The summed E-state index contributed by atoms with van der Waals surface area (Å²) in [6.45, 7) is 6.08. The molecule has 0 radical (unpaired) electrons. The van der Waals surface area contributed by atoms with Gasteiger partial charge in [-0.1, -0.05) is 30.3 Å². The van der Waals surface area contributed by atoms with E-state index in [1.807, 2.05) is 0 Å². The second-order valence-electron chi connectivity index (χ2n) is 5.53. The van der Waals surface area contributed by atoms with Crippen LogP contribution in [0.2, 0.25) is 0 Å². The quantitative estimate of drug-likeness (QED) is 0.677. The lowest BCUT2D eigenvalue weighted by atomic mass is 10.0. The van der Waals surface area contributed by atoms with Gasteiger partial charge < -0.3 is 9.22 Å². The van der Waals surface area contributed by atoms with Crippen molar-refractivity contribution in [2.24, 2.45) is 0 Å². The third-order valence-corrected chi connectivity index (χ3v) is 4.37. The van der Waals surface area contributed by atoms with Crippen LogP contribution in [-0.2, 0) is 4.74 Å². The maximum atomic E-state index is 5.98. The molecular weight excluding hydrogens is 210 g/mol. The summed E-state index contributed by atoms with van der Waals surface area (Å²) in [5.41, 5.74) is 1.36. The minimum atomic E-state index is 0.322. The van der Waals surface area contributed by atoms with Crippen LogP contribution in [0.25, 0.3) is 0 Å². The summed E-state index contributed by atoms with van der Waals surface area (Å²) in [6.07, 6.45) is 4.56. The molecule has 0 saturated carbocycles. The summed E-state index contributed by atoms with van der Waals surface area (Å²) in [4.78, 5) is 0. The minimum Gasteiger partial charge on any atom is -0.362 e. The first-order valence-electron chi connectivity index (χ1n) is 6.90. The number of hydrogen-bond acceptors (Lipinski definition) is 1. The Balaban J connectivity index is 1.75. The van der Waals surface area contributed by atoms with Crippen molar-refractivity contribution in [2.45, 2.75) is 25.4 Å². The molecule has 1 spiro atoms. The lowest BCUT2D eigenvalue weighted by molar-refractivity contribution is -0.943. The average Bonchev–Trinajstić information content (AvgIpc) is 2.41. The van der Waals surface area contributed by atoms with Gasteiger partial charge in [0, 0.05) is 0 Å². The zero-order valence-corrected chi connectivity index (χ0v) is 10.5. The van der Waals surface area contributed by atoms with Crippen molar-refractivity contribution in [1.82, 2.24) is 0 Å². The van der Waals surface area contributed by atoms with Gasteiger partial charge in [0.2, 0.25) is 0 Å². The topological polar surface area (TPSA) is 9.23 Å². The first kappa shape index (κ1) is 11.2. The number of quaternary nitrogens is 1. The fraction of sp³-hybridized carbons (Fsp3) is 0.600. The molecule has 2 heterocycles. The monoisotopic (exact) mass is 232 g/mol. The Morgan fingerprint density at radius 2 is 1.71 bits per heavy atom. The Morgan fingerprint density at radius 3 is 2.47 bits per heavy atom. The van der Waals surface area contributed by atoms with Crippen molar-refractivity contribution in [3.05, 3.63) is 35.9 Å². The molecule has 2 saturated heterocycles. The summed E-state index contributed by atoms with van der Waals surface area (Å²) in [5.74, 6) is 0. The molecule has 1 atom stereocenters. The van der Waals surface area contributed by atoms with E-state index in [0.29, 0.717) is 6.10 Å². The Labute approximate surface area is 104 Å². The van der Waals surface area contributed by atoms with Crippen LogP contribution < -0.4 is 0 Å². The largest absolute Gasteiger partial charge is 0.362 e. The van der Waals surface area contributed by atoms with E-state index in [9.17, 15) is 0 Å². The fourth-order valence-electron chi connectivity index (χ4n) is 3.34. The predicted octanol–water partition coefficient (Wildman–Crippen LogP) is 2.76. The highest BCUT2D eigenvalue weighted by atomic mass is 16.5. The van der Waals surface area contributed by atoms with Crippen LogP contribution in [0.4, 0.5) is 0 Å². The number of rotatable bonds is 1. The van der Waals surface area contributed by atoms with Gasteiger partial charge in [-0.15, -0.1) is 0 Å². The van der Waals surface area contributed by atoms with Crippen molar-refractivity contribution in [2.75, 3.05) is 32.8 Å². The summed E-state index contributed by atoms with van der Waals surface area (Å²) < 4.78 is 7.28. The van der Waals surface area contributed by atoms with Gasteiger partial charge in [-0.25, -0.2) is 0 Å². The number of nitrogens with zero attached hydrogens (tertiary/aromatic N) is 1. The normalized spacial score (nSPS) is 28.1. The van der Waals surface area contributed by atoms with Crippen LogP contribution in [0.1, 0.15) is 30.9 Å². The molecule has 2 fully saturated rings. The van der Waals surface area contributed by atoms with Crippen LogP contribution in [-0.4, -0.2) is 37.3 Å². The molecule has 2 aliphatic rings. The van der Waals surface area contributed by atoms with Crippen LogP contribution in [0.5, 0.6) is 0 Å². The van der Waals surface area contributed by atoms with E-state index >= 15 is 0 Å².